The van der Waals surface area contributed by atoms with Crippen LogP contribution >= 0.6 is 0 Å². The van der Waals surface area contributed by atoms with Crippen molar-refractivity contribution in [2.24, 2.45) is 0 Å². The Morgan fingerprint density at radius 2 is 1.68 bits per heavy atom. The fraction of sp³-hybridized carbons (Fsp3) is 0.130. The Morgan fingerprint density at radius 3 is 2.39 bits per heavy atom. The average Bonchev–Trinajstić information content (AvgIpc) is 3.00. The van der Waals surface area contributed by atoms with Gasteiger partial charge in [0.25, 0.3) is 5.91 Å². The van der Waals surface area contributed by atoms with Crippen molar-refractivity contribution in [2.75, 3.05) is 7.11 Å². The van der Waals surface area contributed by atoms with Crippen LogP contribution in [0.1, 0.15) is 44.8 Å². The van der Waals surface area contributed by atoms with Crippen molar-refractivity contribution in [3.63, 3.8) is 0 Å². The standard InChI is InChI=1S/C23H18FNO3/c1-13(14-8-10-21(28-2)20(24)12-14)25-23(27)15-7-9-17-16-5-3-4-6-18(16)22(26)19(17)11-15/h3-13H,1-2H3,(H,25,27). The predicted molar refractivity (Wildman–Crippen MR) is 104 cm³/mol. The minimum Gasteiger partial charge on any atom is -0.494 e. The van der Waals surface area contributed by atoms with Crippen molar-refractivity contribution in [3.05, 3.63) is 88.7 Å². The summed E-state index contributed by atoms with van der Waals surface area (Å²) in [6.07, 6.45) is 0. The Balaban J connectivity index is 1.57. The summed E-state index contributed by atoms with van der Waals surface area (Å²) in [5.74, 6) is -0.734. The Hall–Kier alpha value is -3.47. The minimum atomic E-state index is -0.484. The molecule has 3 aromatic carbocycles. The van der Waals surface area contributed by atoms with Gasteiger partial charge in [-0.1, -0.05) is 36.4 Å². The molecule has 0 saturated carbocycles. The number of ether oxygens (including phenoxy) is 1. The lowest BCUT2D eigenvalue weighted by molar-refractivity contribution is 0.0940. The molecule has 0 heterocycles. The molecule has 1 N–H and O–H groups in total. The van der Waals surface area contributed by atoms with Gasteiger partial charge in [-0.2, -0.15) is 0 Å². The molecule has 0 fully saturated rings. The van der Waals surface area contributed by atoms with Crippen molar-refractivity contribution in [1.82, 2.24) is 5.32 Å². The van der Waals surface area contributed by atoms with Crippen LogP contribution in [-0.4, -0.2) is 18.8 Å². The molecule has 0 saturated heterocycles. The van der Waals surface area contributed by atoms with Crippen LogP contribution in [0.15, 0.2) is 60.7 Å². The summed E-state index contributed by atoms with van der Waals surface area (Å²) >= 11 is 0. The van der Waals surface area contributed by atoms with E-state index in [0.717, 1.165) is 11.1 Å². The molecule has 0 bridgehead atoms. The first-order valence-electron chi connectivity index (χ1n) is 8.92. The number of rotatable bonds is 4. The van der Waals surface area contributed by atoms with Crippen LogP contribution in [0.4, 0.5) is 4.39 Å². The highest BCUT2D eigenvalue weighted by Gasteiger charge is 2.27. The highest BCUT2D eigenvalue weighted by molar-refractivity contribution is 6.22. The van der Waals surface area contributed by atoms with E-state index >= 15 is 0 Å². The topological polar surface area (TPSA) is 55.4 Å². The first kappa shape index (κ1) is 17.9. The van der Waals surface area contributed by atoms with Crippen LogP contribution in [0.3, 0.4) is 0 Å². The number of hydrogen-bond acceptors (Lipinski definition) is 3. The highest BCUT2D eigenvalue weighted by atomic mass is 19.1. The van der Waals surface area contributed by atoms with E-state index in [9.17, 15) is 14.0 Å². The molecular weight excluding hydrogens is 357 g/mol. The summed E-state index contributed by atoms with van der Waals surface area (Å²) in [7, 11) is 1.40. The maximum Gasteiger partial charge on any atom is 0.251 e. The van der Waals surface area contributed by atoms with E-state index < -0.39 is 11.9 Å². The van der Waals surface area contributed by atoms with Crippen LogP contribution < -0.4 is 10.1 Å². The SMILES string of the molecule is COc1ccc(C(C)NC(=O)c2ccc3c(c2)C(=O)c2ccccc2-3)cc1F. The van der Waals surface area contributed by atoms with Crippen molar-refractivity contribution >= 4 is 11.7 Å². The number of ketones is 1. The number of fused-ring (bicyclic) bond motifs is 3. The van der Waals surface area contributed by atoms with E-state index in [2.05, 4.69) is 5.32 Å². The molecule has 0 radical (unpaired) electrons. The van der Waals surface area contributed by atoms with Gasteiger partial charge >= 0.3 is 0 Å². The molecule has 3 aromatic rings. The third kappa shape index (κ3) is 2.95. The van der Waals surface area contributed by atoms with Crippen molar-refractivity contribution in [2.45, 2.75) is 13.0 Å². The van der Waals surface area contributed by atoms with Gasteiger partial charge in [-0.25, -0.2) is 4.39 Å². The van der Waals surface area contributed by atoms with E-state index in [1.165, 1.54) is 19.2 Å². The number of carbonyl (C=O) groups excluding carboxylic acids is 2. The summed E-state index contributed by atoms with van der Waals surface area (Å²) in [6.45, 7) is 1.77. The van der Waals surface area contributed by atoms with Crippen molar-refractivity contribution in [1.29, 1.82) is 0 Å². The third-order valence-corrected chi connectivity index (χ3v) is 5.01. The number of amides is 1. The fourth-order valence-electron chi connectivity index (χ4n) is 3.48. The lowest BCUT2D eigenvalue weighted by Gasteiger charge is -2.15. The quantitative estimate of drug-likeness (QED) is 0.570. The first-order chi connectivity index (χ1) is 13.5. The number of benzene rings is 3. The predicted octanol–water partition coefficient (Wildman–Crippen LogP) is 4.54. The number of carbonyl (C=O) groups is 2. The van der Waals surface area contributed by atoms with E-state index in [1.54, 1.807) is 37.3 Å². The molecule has 5 heteroatoms. The molecule has 1 aliphatic rings. The second-order valence-electron chi connectivity index (χ2n) is 6.72. The fourth-order valence-corrected chi connectivity index (χ4v) is 3.48. The van der Waals surface area contributed by atoms with Crippen molar-refractivity contribution < 1.29 is 18.7 Å². The Morgan fingerprint density at radius 1 is 0.964 bits per heavy atom. The molecule has 1 amide bonds. The van der Waals surface area contributed by atoms with Gasteiger partial charge in [0, 0.05) is 16.7 Å². The second kappa shape index (κ2) is 6.93. The zero-order chi connectivity index (χ0) is 19.8. The molecule has 0 spiro atoms. The van der Waals surface area contributed by atoms with Gasteiger partial charge in [0.1, 0.15) is 0 Å². The van der Waals surface area contributed by atoms with Gasteiger partial charge < -0.3 is 10.1 Å². The highest BCUT2D eigenvalue weighted by Crippen LogP contribution is 2.36. The Kier molecular flexibility index (Phi) is 4.43. The molecule has 4 rings (SSSR count). The van der Waals surface area contributed by atoms with Gasteiger partial charge in [-0.3, -0.25) is 9.59 Å². The van der Waals surface area contributed by atoms with Gasteiger partial charge in [0.2, 0.25) is 0 Å². The van der Waals surface area contributed by atoms with Crippen LogP contribution in [0.5, 0.6) is 5.75 Å². The number of halogens is 1. The normalized spacial score (nSPS) is 12.9. The van der Waals surface area contributed by atoms with E-state index in [1.807, 2.05) is 18.2 Å². The van der Waals surface area contributed by atoms with E-state index in [4.69, 9.17) is 4.74 Å². The zero-order valence-corrected chi connectivity index (χ0v) is 15.5. The maximum absolute atomic E-state index is 13.9. The van der Waals surface area contributed by atoms with Gasteiger partial charge in [0.05, 0.1) is 13.2 Å². The summed E-state index contributed by atoms with van der Waals surface area (Å²) in [4.78, 5) is 25.3. The summed E-state index contributed by atoms with van der Waals surface area (Å²) in [6, 6.07) is 16.7. The van der Waals surface area contributed by atoms with Crippen LogP contribution in [-0.2, 0) is 0 Å². The van der Waals surface area contributed by atoms with Crippen LogP contribution in [0, 0.1) is 5.82 Å². The molecule has 1 atom stereocenters. The van der Waals surface area contributed by atoms with Gasteiger partial charge in [0.15, 0.2) is 17.3 Å². The molecule has 0 aliphatic heterocycles. The Bertz CT molecular complexity index is 1110. The van der Waals surface area contributed by atoms with E-state index in [0.29, 0.717) is 22.3 Å². The van der Waals surface area contributed by atoms with E-state index in [-0.39, 0.29) is 17.4 Å². The minimum absolute atomic E-state index is 0.0782. The number of nitrogens with one attached hydrogen (secondary N) is 1. The third-order valence-electron chi connectivity index (χ3n) is 5.01. The first-order valence-corrected chi connectivity index (χ1v) is 8.92. The summed E-state index contributed by atoms with van der Waals surface area (Å²) in [5.41, 5.74) is 3.91. The summed E-state index contributed by atoms with van der Waals surface area (Å²) in [5, 5.41) is 2.85. The zero-order valence-electron chi connectivity index (χ0n) is 15.5. The lowest BCUT2D eigenvalue weighted by atomic mass is 10.0. The molecule has 1 unspecified atom stereocenters. The lowest BCUT2D eigenvalue weighted by Crippen LogP contribution is -2.26. The molecule has 140 valence electrons. The molecule has 4 nitrogen and oxygen atoms in total. The molecule has 28 heavy (non-hydrogen) atoms. The number of methoxy groups -OCH3 is 1. The smallest absolute Gasteiger partial charge is 0.251 e. The maximum atomic E-state index is 13.9. The van der Waals surface area contributed by atoms with Gasteiger partial charge in [-0.05, 0) is 47.9 Å². The summed E-state index contributed by atoms with van der Waals surface area (Å²) < 4.78 is 18.8. The Labute approximate surface area is 162 Å². The molecule has 1 aliphatic carbocycles. The molecule has 0 aromatic heterocycles. The second-order valence-corrected chi connectivity index (χ2v) is 6.72. The average molecular weight is 375 g/mol. The van der Waals surface area contributed by atoms with Gasteiger partial charge in [-0.15, -0.1) is 0 Å². The largest absolute Gasteiger partial charge is 0.494 e. The van der Waals surface area contributed by atoms with Crippen LogP contribution in [0.25, 0.3) is 11.1 Å². The number of hydrogen-bond donors (Lipinski definition) is 1. The van der Waals surface area contributed by atoms with Crippen LogP contribution in [0.2, 0.25) is 0 Å². The molecular formula is C23H18FNO3. The monoisotopic (exact) mass is 375 g/mol. The van der Waals surface area contributed by atoms with Crippen molar-refractivity contribution in [3.8, 4) is 16.9 Å².